The summed E-state index contributed by atoms with van der Waals surface area (Å²) in [5.74, 6) is 5.46. The second-order valence-corrected chi connectivity index (χ2v) is 8.25. The number of halogens is 2. The number of aromatic nitrogens is 3. The highest BCUT2D eigenvalue weighted by Gasteiger charge is 2.17. The molecule has 0 aliphatic carbocycles. The van der Waals surface area contributed by atoms with Crippen LogP contribution in [0, 0.1) is 11.8 Å². The number of ether oxygens (including phenoxy) is 1. The Morgan fingerprint density at radius 1 is 1.28 bits per heavy atom. The van der Waals surface area contributed by atoms with E-state index in [0.29, 0.717) is 41.4 Å². The highest BCUT2D eigenvalue weighted by Crippen LogP contribution is 2.21. The van der Waals surface area contributed by atoms with Crippen LogP contribution in [0.3, 0.4) is 0 Å². The van der Waals surface area contributed by atoms with Gasteiger partial charge in [0, 0.05) is 43.8 Å². The zero-order valence-corrected chi connectivity index (χ0v) is 18.9. The minimum atomic E-state index is -0.759. The fourth-order valence-electron chi connectivity index (χ4n) is 3.76. The van der Waals surface area contributed by atoms with Gasteiger partial charge in [-0.2, -0.15) is 0 Å². The number of nitrogens with two attached hydrogens (primary N) is 1. The van der Waals surface area contributed by atoms with Crippen molar-refractivity contribution in [2.45, 2.75) is 13.1 Å². The molecule has 0 spiro atoms. The number of aryl methyl sites for hydroxylation is 1. The van der Waals surface area contributed by atoms with E-state index >= 15 is 0 Å². The molecule has 1 amide bonds. The summed E-state index contributed by atoms with van der Waals surface area (Å²) >= 11 is 12.0. The van der Waals surface area contributed by atoms with Crippen LogP contribution in [0.5, 0.6) is 0 Å². The number of nitrogens with zero attached hydrogens (tertiary/aromatic N) is 4. The fourth-order valence-corrected chi connectivity index (χ4v) is 4.07. The molecule has 1 saturated heterocycles. The Hall–Kier alpha value is -2.83. The monoisotopic (exact) mass is 473 g/mol. The molecule has 1 fully saturated rings. The summed E-state index contributed by atoms with van der Waals surface area (Å²) in [6.07, 6.45) is 2.97. The molecule has 0 unspecified atom stereocenters. The molecular formula is C22H21Cl2N5O3. The third kappa shape index (κ3) is 4.52. The number of amides is 1. The number of hydrogen-bond acceptors (Lipinski definition) is 5. The average molecular weight is 474 g/mol. The average Bonchev–Trinajstić information content (AvgIpc) is 3.09. The topological polar surface area (TPSA) is 95.4 Å². The van der Waals surface area contributed by atoms with Gasteiger partial charge in [-0.05, 0) is 17.7 Å². The van der Waals surface area contributed by atoms with Gasteiger partial charge in [-0.3, -0.25) is 14.5 Å². The van der Waals surface area contributed by atoms with Crippen LogP contribution in [-0.4, -0.2) is 51.2 Å². The number of fused-ring (bicyclic) bond motifs is 1. The Morgan fingerprint density at radius 3 is 2.69 bits per heavy atom. The van der Waals surface area contributed by atoms with Crippen molar-refractivity contribution in [2.24, 2.45) is 12.8 Å². The Bertz CT molecular complexity index is 1310. The third-order valence-corrected chi connectivity index (χ3v) is 6.08. The molecule has 1 aliphatic heterocycles. The van der Waals surface area contributed by atoms with Crippen LogP contribution in [0.4, 0.5) is 0 Å². The van der Waals surface area contributed by atoms with E-state index in [9.17, 15) is 9.59 Å². The molecule has 0 atom stereocenters. The minimum absolute atomic E-state index is 0.0535. The molecule has 2 N–H and O–H groups in total. The molecule has 166 valence electrons. The highest BCUT2D eigenvalue weighted by atomic mass is 35.5. The number of carbonyl (C=O) groups excluding carboxylic acids is 1. The highest BCUT2D eigenvalue weighted by molar-refractivity contribution is 6.40. The number of carbonyl (C=O) groups is 1. The lowest BCUT2D eigenvalue weighted by Gasteiger charge is -2.26. The number of imidazole rings is 1. The normalized spacial score (nSPS) is 14.3. The predicted molar refractivity (Wildman–Crippen MR) is 123 cm³/mol. The van der Waals surface area contributed by atoms with Crippen LogP contribution in [0.1, 0.15) is 21.5 Å². The van der Waals surface area contributed by atoms with Crippen LogP contribution in [-0.2, 0) is 24.9 Å². The summed E-state index contributed by atoms with van der Waals surface area (Å²) < 4.78 is 8.75. The van der Waals surface area contributed by atoms with Gasteiger partial charge in [0.2, 0.25) is 5.43 Å². The first-order chi connectivity index (χ1) is 15.3. The first-order valence-electron chi connectivity index (χ1n) is 9.96. The van der Waals surface area contributed by atoms with Gasteiger partial charge < -0.3 is 19.6 Å². The fraction of sp³-hybridized carbons (Fsp3) is 0.318. The maximum Gasteiger partial charge on any atom is 0.254 e. The lowest BCUT2D eigenvalue weighted by molar-refractivity contribution is 0.0342. The lowest BCUT2D eigenvalue weighted by atomic mass is 10.0. The Morgan fingerprint density at radius 2 is 2.03 bits per heavy atom. The summed E-state index contributed by atoms with van der Waals surface area (Å²) in [7, 11) is 1.76. The molecule has 1 aromatic carbocycles. The third-order valence-electron chi connectivity index (χ3n) is 5.32. The lowest BCUT2D eigenvalue weighted by Crippen LogP contribution is -2.35. The van der Waals surface area contributed by atoms with Gasteiger partial charge in [0.15, 0.2) is 5.15 Å². The molecule has 0 saturated carbocycles. The van der Waals surface area contributed by atoms with Crippen LogP contribution < -0.4 is 11.2 Å². The van der Waals surface area contributed by atoms with Crippen molar-refractivity contribution >= 4 is 40.0 Å². The van der Waals surface area contributed by atoms with Crippen LogP contribution >= 0.6 is 23.2 Å². The first-order valence-corrected chi connectivity index (χ1v) is 10.7. The molecule has 0 bridgehead atoms. The van der Waals surface area contributed by atoms with Crippen molar-refractivity contribution in [2.75, 3.05) is 26.3 Å². The van der Waals surface area contributed by atoms with E-state index in [1.807, 2.05) is 12.1 Å². The summed E-state index contributed by atoms with van der Waals surface area (Å²) in [5.41, 5.74) is 7.20. The van der Waals surface area contributed by atoms with Gasteiger partial charge in [-0.25, -0.2) is 4.98 Å². The summed E-state index contributed by atoms with van der Waals surface area (Å²) in [4.78, 5) is 31.0. The molecule has 32 heavy (non-hydrogen) atoms. The smallest absolute Gasteiger partial charge is 0.254 e. The molecule has 8 nitrogen and oxygen atoms in total. The number of rotatable bonds is 4. The Labute approximate surface area is 194 Å². The zero-order valence-electron chi connectivity index (χ0n) is 17.4. The molecule has 1 aliphatic rings. The van der Waals surface area contributed by atoms with Crippen molar-refractivity contribution in [3.8, 4) is 11.8 Å². The molecule has 10 heteroatoms. The van der Waals surface area contributed by atoms with Crippen molar-refractivity contribution < 1.29 is 9.53 Å². The van der Waals surface area contributed by atoms with Crippen LogP contribution in [0.2, 0.25) is 10.3 Å². The number of primary amides is 1. The van der Waals surface area contributed by atoms with E-state index in [1.165, 1.54) is 12.5 Å². The van der Waals surface area contributed by atoms with Gasteiger partial charge >= 0.3 is 0 Å². The number of benzene rings is 1. The van der Waals surface area contributed by atoms with Crippen LogP contribution in [0.15, 0.2) is 29.5 Å². The molecule has 3 aromatic rings. The van der Waals surface area contributed by atoms with Gasteiger partial charge in [-0.15, -0.1) is 0 Å². The Balaban J connectivity index is 1.81. The quantitative estimate of drug-likeness (QED) is 0.584. The predicted octanol–water partition coefficient (Wildman–Crippen LogP) is 2.02. The minimum Gasteiger partial charge on any atom is -0.379 e. The Kier molecular flexibility index (Phi) is 6.53. The molecule has 4 rings (SSSR count). The number of hydrogen-bond donors (Lipinski definition) is 1. The maximum absolute atomic E-state index is 13.0. The second-order valence-electron chi connectivity index (χ2n) is 7.53. The van der Waals surface area contributed by atoms with E-state index in [4.69, 9.17) is 33.7 Å². The maximum atomic E-state index is 13.0. The van der Waals surface area contributed by atoms with E-state index in [2.05, 4.69) is 21.7 Å². The molecular weight excluding hydrogens is 453 g/mol. The van der Waals surface area contributed by atoms with Gasteiger partial charge in [0.25, 0.3) is 5.91 Å². The first kappa shape index (κ1) is 22.4. The second kappa shape index (κ2) is 9.35. The van der Waals surface area contributed by atoms with E-state index < -0.39 is 11.3 Å². The van der Waals surface area contributed by atoms with E-state index in [-0.39, 0.29) is 17.3 Å². The van der Waals surface area contributed by atoms with Gasteiger partial charge in [-0.1, -0.05) is 35.0 Å². The zero-order chi connectivity index (χ0) is 22.8. The number of pyridine rings is 1. The summed E-state index contributed by atoms with van der Waals surface area (Å²) in [5, 5.41) is 0.931. The SMILES string of the molecule is Cn1cc(C(N)=O)c(=O)c2cc(CN3CCOCC3)cc(C#CCn3cnc(Cl)c3Cl)c21. The van der Waals surface area contributed by atoms with Crippen molar-refractivity contribution in [1.82, 2.24) is 19.0 Å². The summed E-state index contributed by atoms with van der Waals surface area (Å²) in [6.45, 7) is 3.86. The van der Waals surface area contributed by atoms with E-state index in [0.717, 1.165) is 18.7 Å². The van der Waals surface area contributed by atoms with E-state index in [1.54, 1.807) is 16.2 Å². The molecule has 0 radical (unpaired) electrons. The van der Waals surface area contributed by atoms with Crippen LogP contribution in [0.25, 0.3) is 10.9 Å². The van der Waals surface area contributed by atoms with Crippen molar-refractivity contribution in [1.29, 1.82) is 0 Å². The van der Waals surface area contributed by atoms with Crippen molar-refractivity contribution in [3.05, 3.63) is 61.9 Å². The molecule has 3 heterocycles. The van der Waals surface area contributed by atoms with Crippen molar-refractivity contribution in [3.63, 3.8) is 0 Å². The van der Waals surface area contributed by atoms with Gasteiger partial charge in [0.1, 0.15) is 10.7 Å². The van der Waals surface area contributed by atoms with Gasteiger partial charge in [0.05, 0.1) is 31.6 Å². The standard InChI is InChI=1S/C22H21Cl2N5O3/c1-27-12-17(22(25)31)19(30)16-10-14(11-28-5-7-32-8-6-28)9-15(18(16)27)3-2-4-29-13-26-20(23)21(29)24/h9-10,12-13H,4-8,11H2,1H3,(H2,25,31). The molecule has 2 aromatic heterocycles. The largest absolute Gasteiger partial charge is 0.379 e. The summed E-state index contributed by atoms with van der Waals surface area (Å²) in [6, 6.07) is 3.79. The number of morpholine rings is 1.